The van der Waals surface area contributed by atoms with Gasteiger partial charge in [0.1, 0.15) is 11.6 Å². The van der Waals surface area contributed by atoms with E-state index in [-0.39, 0.29) is 0 Å². The second kappa shape index (κ2) is 5.25. The monoisotopic (exact) mass is 221 g/mol. The molecule has 1 aliphatic rings. The fourth-order valence-corrected chi connectivity index (χ4v) is 2.26. The first-order chi connectivity index (χ1) is 7.81. The van der Waals surface area contributed by atoms with E-state index in [1.165, 1.54) is 32.1 Å². The highest BCUT2D eigenvalue weighted by Gasteiger charge is 2.18. The van der Waals surface area contributed by atoms with Gasteiger partial charge in [-0.3, -0.25) is 0 Å². The number of aromatic nitrogens is 2. The molecule has 88 valence electrons. The number of anilines is 1. The Morgan fingerprint density at radius 1 is 1.38 bits per heavy atom. The molecule has 1 aromatic heterocycles. The highest BCUT2D eigenvalue weighted by molar-refractivity contribution is 5.37. The second-order valence-corrected chi connectivity index (χ2v) is 4.41. The van der Waals surface area contributed by atoms with Gasteiger partial charge in [-0.15, -0.1) is 0 Å². The van der Waals surface area contributed by atoms with Gasteiger partial charge in [0.25, 0.3) is 0 Å². The molecule has 0 aliphatic heterocycles. The van der Waals surface area contributed by atoms with Crippen LogP contribution in [0.3, 0.4) is 0 Å². The molecule has 4 nitrogen and oxygen atoms in total. The van der Waals surface area contributed by atoms with E-state index in [1.54, 1.807) is 13.3 Å². The SMILES string of the molecule is COCc1cnc(C2CCCCC2)nc1N. The van der Waals surface area contributed by atoms with Crippen LogP contribution in [0.25, 0.3) is 0 Å². The Morgan fingerprint density at radius 3 is 2.75 bits per heavy atom. The summed E-state index contributed by atoms with van der Waals surface area (Å²) < 4.78 is 5.03. The van der Waals surface area contributed by atoms with Crippen molar-refractivity contribution in [1.29, 1.82) is 0 Å². The Morgan fingerprint density at radius 2 is 2.12 bits per heavy atom. The third kappa shape index (κ3) is 2.50. The molecule has 0 unspecified atom stereocenters. The quantitative estimate of drug-likeness (QED) is 0.850. The first-order valence-corrected chi connectivity index (χ1v) is 5.91. The summed E-state index contributed by atoms with van der Waals surface area (Å²) in [4.78, 5) is 8.81. The van der Waals surface area contributed by atoms with Crippen molar-refractivity contribution in [2.75, 3.05) is 12.8 Å². The predicted octanol–water partition coefficient (Wildman–Crippen LogP) is 2.25. The van der Waals surface area contributed by atoms with Gasteiger partial charge in [0, 0.05) is 24.8 Å². The summed E-state index contributed by atoms with van der Waals surface area (Å²) in [6.07, 6.45) is 8.11. The number of nitrogens with two attached hydrogens (primary N) is 1. The van der Waals surface area contributed by atoms with Crippen molar-refractivity contribution in [3.63, 3.8) is 0 Å². The lowest BCUT2D eigenvalue weighted by atomic mass is 9.88. The van der Waals surface area contributed by atoms with E-state index in [1.807, 2.05) is 0 Å². The van der Waals surface area contributed by atoms with E-state index in [0.29, 0.717) is 18.3 Å². The van der Waals surface area contributed by atoms with Crippen LogP contribution in [0.2, 0.25) is 0 Å². The van der Waals surface area contributed by atoms with Crippen LogP contribution >= 0.6 is 0 Å². The largest absolute Gasteiger partial charge is 0.383 e. The van der Waals surface area contributed by atoms with Gasteiger partial charge in [-0.05, 0) is 12.8 Å². The number of rotatable bonds is 3. The predicted molar refractivity (Wildman–Crippen MR) is 63.0 cm³/mol. The zero-order valence-electron chi connectivity index (χ0n) is 9.78. The minimum atomic E-state index is 0.483. The van der Waals surface area contributed by atoms with Gasteiger partial charge in [-0.1, -0.05) is 19.3 Å². The molecule has 1 heterocycles. The summed E-state index contributed by atoms with van der Waals surface area (Å²) in [5.74, 6) is 1.99. The van der Waals surface area contributed by atoms with E-state index in [0.717, 1.165) is 11.4 Å². The maximum Gasteiger partial charge on any atom is 0.133 e. The maximum absolute atomic E-state index is 5.88. The summed E-state index contributed by atoms with van der Waals surface area (Å²) >= 11 is 0. The van der Waals surface area contributed by atoms with Gasteiger partial charge >= 0.3 is 0 Å². The summed E-state index contributed by atoms with van der Waals surface area (Å²) in [5.41, 5.74) is 6.76. The molecule has 1 aliphatic carbocycles. The molecule has 4 heteroatoms. The van der Waals surface area contributed by atoms with Crippen molar-refractivity contribution in [1.82, 2.24) is 9.97 Å². The van der Waals surface area contributed by atoms with Crippen LogP contribution in [-0.4, -0.2) is 17.1 Å². The summed E-state index contributed by atoms with van der Waals surface area (Å²) in [6, 6.07) is 0. The number of nitrogen functional groups attached to an aromatic ring is 1. The summed E-state index contributed by atoms with van der Waals surface area (Å²) in [6.45, 7) is 0.483. The molecular weight excluding hydrogens is 202 g/mol. The van der Waals surface area contributed by atoms with E-state index >= 15 is 0 Å². The van der Waals surface area contributed by atoms with Crippen LogP contribution in [0, 0.1) is 0 Å². The molecule has 0 radical (unpaired) electrons. The zero-order valence-corrected chi connectivity index (χ0v) is 9.78. The standard InChI is InChI=1S/C12H19N3O/c1-16-8-10-7-14-12(15-11(10)13)9-5-3-2-4-6-9/h7,9H,2-6,8H2,1H3,(H2,13,14,15). The van der Waals surface area contributed by atoms with Crippen molar-refractivity contribution in [2.45, 2.75) is 44.6 Å². The Balaban J connectivity index is 2.13. The van der Waals surface area contributed by atoms with Crippen molar-refractivity contribution < 1.29 is 4.74 Å². The topological polar surface area (TPSA) is 61.0 Å². The number of nitrogens with zero attached hydrogens (tertiary/aromatic N) is 2. The minimum absolute atomic E-state index is 0.483. The third-order valence-electron chi connectivity index (χ3n) is 3.19. The van der Waals surface area contributed by atoms with Crippen LogP contribution in [0.15, 0.2) is 6.20 Å². The third-order valence-corrected chi connectivity index (χ3v) is 3.19. The average Bonchev–Trinajstić information content (AvgIpc) is 2.33. The molecule has 0 bridgehead atoms. The Labute approximate surface area is 96.2 Å². The van der Waals surface area contributed by atoms with Crippen LogP contribution in [-0.2, 0) is 11.3 Å². The first-order valence-electron chi connectivity index (χ1n) is 5.91. The number of ether oxygens (including phenoxy) is 1. The van der Waals surface area contributed by atoms with Crippen LogP contribution < -0.4 is 5.73 Å². The molecule has 16 heavy (non-hydrogen) atoms. The van der Waals surface area contributed by atoms with Crippen LogP contribution in [0.4, 0.5) is 5.82 Å². The van der Waals surface area contributed by atoms with Gasteiger partial charge in [0.05, 0.1) is 6.61 Å². The molecule has 1 saturated carbocycles. The normalized spacial score (nSPS) is 17.6. The van der Waals surface area contributed by atoms with E-state index in [9.17, 15) is 0 Å². The summed E-state index contributed by atoms with van der Waals surface area (Å²) in [7, 11) is 1.65. The fraction of sp³-hybridized carbons (Fsp3) is 0.667. The minimum Gasteiger partial charge on any atom is -0.383 e. The Hall–Kier alpha value is -1.16. The fourth-order valence-electron chi connectivity index (χ4n) is 2.26. The van der Waals surface area contributed by atoms with Crippen molar-refractivity contribution >= 4 is 5.82 Å². The highest BCUT2D eigenvalue weighted by Crippen LogP contribution is 2.30. The van der Waals surface area contributed by atoms with Crippen molar-refractivity contribution in [3.8, 4) is 0 Å². The van der Waals surface area contributed by atoms with Gasteiger partial charge in [0.2, 0.25) is 0 Å². The molecule has 0 atom stereocenters. The van der Waals surface area contributed by atoms with Gasteiger partial charge in [-0.2, -0.15) is 0 Å². The Bertz CT molecular complexity index is 348. The molecule has 0 aromatic carbocycles. The Kier molecular flexibility index (Phi) is 3.72. The number of hydrogen-bond donors (Lipinski definition) is 1. The van der Waals surface area contributed by atoms with Gasteiger partial charge in [-0.25, -0.2) is 9.97 Å². The van der Waals surface area contributed by atoms with Gasteiger partial charge in [0.15, 0.2) is 0 Å². The lowest BCUT2D eigenvalue weighted by molar-refractivity contribution is 0.185. The molecule has 1 aromatic rings. The molecule has 2 N–H and O–H groups in total. The average molecular weight is 221 g/mol. The van der Waals surface area contributed by atoms with E-state index in [2.05, 4.69) is 9.97 Å². The molecule has 0 spiro atoms. The van der Waals surface area contributed by atoms with Gasteiger partial charge < -0.3 is 10.5 Å². The molecule has 1 fully saturated rings. The van der Waals surface area contributed by atoms with Crippen LogP contribution in [0.1, 0.15) is 49.4 Å². The highest BCUT2D eigenvalue weighted by atomic mass is 16.5. The zero-order chi connectivity index (χ0) is 11.4. The number of hydrogen-bond acceptors (Lipinski definition) is 4. The lowest BCUT2D eigenvalue weighted by Gasteiger charge is -2.20. The van der Waals surface area contributed by atoms with Crippen molar-refractivity contribution in [3.05, 3.63) is 17.6 Å². The first kappa shape index (κ1) is 11.3. The number of methoxy groups -OCH3 is 1. The maximum atomic E-state index is 5.88. The van der Waals surface area contributed by atoms with E-state index in [4.69, 9.17) is 10.5 Å². The molecular formula is C12H19N3O. The van der Waals surface area contributed by atoms with Crippen molar-refractivity contribution in [2.24, 2.45) is 0 Å². The lowest BCUT2D eigenvalue weighted by Crippen LogP contribution is -2.11. The molecule has 0 saturated heterocycles. The molecule has 2 rings (SSSR count). The summed E-state index contributed by atoms with van der Waals surface area (Å²) in [5, 5.41) is 0. The van der Waals surface area contributed by atoms with Crippen LogP contribution in [0.5, 0.6) is 0 Å². The molecule has 0 amide bonds. The second-order valence-electron chi connectivity index (χ2n) is 4.41. The smallest absolute Gasteiger partial charge is 0.133 e. The van der Waals surface area contributed by atoms with E-state index < -0.39 is 0 Å².